The average molecular weight is 304 g/mol. The molecule has 1 N–H and O–H groups in total. The van der Waals surface area contributed by atoms with E-state index in [1.807, 2.05) is 20.8 Å². The number of halogens is 3. The summed E-state index contributed by atoms with van der Waals surface area (Å²) in [5, 5.41) is 2.84. The quantitative estimate of drug-likeness (QED) is 0.826. The van der Waals surface area contributed by atoms with Gasteiger partial charge in [-0.3, -0.25) is 4.79 Å². The summed E-state index contributed by atoms with van der Waals surface area (Å²) in [5.74, 6) is -1.81. The normalized spacial score (nSPS) is 13.1. The van der Waals surface area contributed by atoms with Gasteiger partial charge in [-0.25, -0.2) is 8.78 Å². The molecule has 1 aromatic carbocycles. The molecule has 112 valence electrons. The van der Waals surface area contributed by atoms with Crippen LogP contribution in [0.5, 0.6) is 0 Å². The van der Waals surface area contributed by atoms with Gasteiger partial charge in [-0.05, 0) is 17.9 Å². The van der Waals surface area contributed by atoms with Crippen LogP contribution in [0.1, 0.15) is 32.8 Å². The van der Waals surface area contributed by atoms with Crippen LogP contribution < -0.4 is 5.32 Å². The molecule has 5 heteroatoms. The molecule has 1 rings (SSSR count). The van der Waals surface area contributed by atoms with Crippen LogP contribution in [-0.2, 0) is 11.2 Å². The first-order valence-electron chi connectivity index (χ1n) is 6.54. The van der Waals surface area contributed by atoms with Crippen LogP contribution in [-0.4, -0.2) is 17.8 Å². The van der Waals surface area contributed by atoms with E-state index in [9.17, 15) is 13.6 Å². The molecule has 0 aromatic heterocycles. The van der Waals surface area contributed by atoms with Gasteiger partial charge in [-0.1, -0.05) is 32.9 Å². The first-order chi connectivity index (χ1) is 9.25. The molecule has 0 saturated carbocycles. The summed E-state index contributed by atoms with van der Waals surface area (Å²) in [6.07, 6.45) is 0.445. The summed E-state index contributed by atoms with van der Waals surface area (Å²) >= 11 is 5.73. The van der Waals surface area contributed by atoms with Crippen molar-refractivity contribution in [3.8, 4) is 0 Å². The van der Waals surface area contributed by atoms with Crippen LogP contribution in [0.2, 0.25) is 0 Å². The number of hydrogen-bond acceptors (Lipinski definition) is 1. The van der Waals surface area contributed by atoms with Crippen molar-refractivity contribution >= 4 is 17.5 Å². The van der Waals surface area contributed by atoms with Gasteiger partial charge in [-0.15, -0.1) is 11.6 Å². The Morgan fingerprint density at radius 1 is 1.35 bits per heavy atom. The summed E-state index contributed by atoms with van der Waals surface area (Å²) in [6, 6.07) is 3.72. The van der Waals surface area contributed by atoms with E-state index < -0.39 is 11.6 Å². The highest BCUT2D eigenvalue weighted by atomic mass is 35.5. The maximum Gasteiger partial charge on any atom is 0.224 e. The zero-order valence-corrected chi connectivity index (χ0v) is 12.7. The third kappa shape index (κ3) is 4.75. The van der Waals surface area contributed by atoms with Crippen LogP contribution in [0, 0.1) is 17.0 Å². The number of amides is 1. The number of alkyl halides is 1. The Kier molecular flexibility index (Phi) is 5.93. The van der Waals surface area contributed by atoms with Crippen molar-refractivity contribution in [1.82, 2.24) is 5.32 Å². The zero-order valence-electron chi connectivity index (χ0n) is 12.0. The standard InChI is InChI=1S/C15H20ClF2NO/c1-15(2,3)12(7-8-16)19-13(20)9-10-5-4-6-11(17)14(10)18/h4-6,12H,7-9H2,1-3H3,(H,19,20). The number of nitrogens with one attached hydrogen (secondary N) is 1. The predicted octanol–water partition coefficient (Wildman–Crippen LogP) is 3.67. The highest BCUT2D eigenvalue weighted by Gasteiger charge is 2.26. The first-order valence-corrected chi connectivity index (χ1v) is 7.07. The third-order valence-corrected chi connectivity index (χ3v) is 3.38. The fraction of sp³-hybridized carbons (Fsp3) is 0.533. The fourth-order valence-corrected chi connectivity index (χ4v) is 2.15. The van der Waals surface area contributed by atoms with Gasteiger partial charge in [-0.2, -0.15) is 0 Å². The lowest BCUT2D eigenvalue weighted by atomic mass is 9.85. The molecular formula is C15H20ClF2NO. The third-order valence-electron chi connectivity index (χ3n) is 3.16. The molecule has 2 nitrogen and oxygen atoms in total. The second-order valence-electron chi connectivity index (χ2n) is 5.85. The summed E-state index contributed by atoms with van der Waals surface area (Å²) in [4.78, 5) is 12.0. The minimum absolute atomic E-state index is 0.0565. The van der Waals surface area contributed by atoms with Crippen molar-refractivity contribution in [3.05, 3.63) is 35.4 Å². The van der Waals surface area contributed by atoms with E-state index in [1.54, 1.807) is 0 Å². The molecular weight excluding hydrogens is 284 g/mol. The number of hydrogen-bond donors (Lipinski definition) is 1. The summed E-state index contributed by atoms with van der Waals surface area (Å²) in [6.45, 7) is 5.98. The van der Waals surface area contributed by atoms with Crippen molar-refractivity contribution in [1.29, 1.82) is 0 Å². The highest BCUT2D eigenvalue weighted by molar-refractivity contribution is 6.17. The van der Waals surface area contributed by atoms with Gasteiger partial charge < -0.3 is 5.32 Å². The lowest BCUT2D eigenvalue weighted by Crippen LogP contribution is -2.44. The maximum absolute atomic E-state index is 13.5. The van der Waals surface area contributed by atoms with Crippen LogP contribution in [0.25, 0.3) is 0 Å². The van der Waals surface area contributed by atoms with Crippen LogP contribution in [0.3, 0.4) is 0 Å². The average Bonchev–Trinajstić information content (AvgIpc) is 2.33. The van der Waals surface area contributed by atoms with Gasteiger partial charge in [0, 0.05) is 17.5 Å². The minimum Gasteiger partial charge on any atom is -0.353 e. The molecule has 0 aliphatic heterocycles. The molecule has 0 aliphatic carbocycles. The molecule has 0 bridgehead atoms. The van der Waals surface area contributed by atoms with Gasteiger partial charge >= 0.3 is 0 Å². The van der Waals surface area contributed by atoms with E-state index in [-0.39, 0.29) is 29.3 Å². The topological polar surface area (TPSA) is 29.1 Å². The zero-order chi connectivity index (χ0) is 15.3. The van der Waals surface area contributed by atoms with Crippen LogP contribution in [0.15, 0.2) is 18.2 Å². The minimum atomic E-state index is -0.965. The monoisotopic (exact) mass is 303 g/mol. The van der Waals surface area contributed by atoms with Gasteiger partial charge in [0.1, 0.15) is 0 Å². The second kappa shape index (κ2) is 7.02. The highest BCUT2D eigenvalue weighted by Crippen LogP contribution is 2.22. The number of carbonyl (C=O) groups excluding carboxylic acids is 1. The van der Waals surface area contributed by atoms with Crippen molar-refractivity contribution in [2.24, 2.45) is 5.41 Å². The smallest absolute Gasteiger partial charge is 0.224 e. The van der Waals surface area contributed by atoms with E-state index in [0.29, 0.717) is 12.3 Å². The molecule has 1 amide bonds. The van der Waals surface area contributed by atoms with Crippen molar-refractivity contribution in [3.63, 3.8) is 0 Å². The Labute approximate surface area is 123 Å². The van der Waals surface area contributed by atoms with Gasteiger partial charge in [0.25, 0.3) is 0 Å². The molecule has 1 unspecified atom stereocenters. The Hall–Kier alpha value is -1.16. The Morgan fingerprint density at radius 3 is 2.55 bits per heavy atom. The van der Waals surface area contributed by atoms with E-state index in [4.69, 9.17) is 11.6 Å². The maximum atomic E-state index is 13.5. The second-order valence-corrected chi connectivity index (χ2v) is 6.23. The van der Waals surface area contributed by atoms with E-state index in [0.717, 1.165) is 6.07 Å². The summed E-state index contributed by atoms with van der Waals surface area (Å²) < 4.78 is 26.6. The molecule has 1 aromatic rings. The predicted molar refractivity (Wildman–Crippen MR) is 76.8 cm³/mol. The molecule has 20 heavy (non-hydrogen) atoms. The number of benzene rings is 1. The fourth-order valence-electron chi connectivity index (χ4n) is 1.93. The first kappa shape index (κ1) is 16.9. The van der Waals surface area contributed by atoms with Crippen LogP contribution in [0.4, 0.5) is 8.78 Å². The lowest BCUT2D eigenvalue weighted by Gasteiger charge is -2.31. The molecule has 0 heterocycles. The number of carbonyl (C=O) groups is 1. The molecule has 0 saturated heterocycles. The summed E-state index contributed by atoms with van der Waals surface area (Å²) in [5.41, 5.74) is -0.0913. The van der Waals surface area contributed by atoms with Crippen molar-refractivity contribution < 1.29 is 13.6 Å². The SMILES string of the molecule is CC(C)(C)C(CCCl)NC(=O)Cc1cccc(F)c1F. The molecule has 0 aliphatic rings. The van der Waals surface area contributed by atoms with Crippen molar-refractivity contribution in [2.45, 2.75) is 39.7 Å². The van der Waals surface area contributed by atoms with Gasteiger partial charge in [0.05, 0.1) is 6.42 Å². The van der Waals surface area contributed by atoms with Crippen LogP contribution >= 0.6 is 11.6 Å². The summed E-state index contributed by atoms with van der Waals surface area (Å²) in [7, 11) is 0. The van der Waals surface area contributed by atoms with Gasteiger partial charge in [0.15, 0.2) is 11.6 Å². The number of rotatable bonds is 5. The van der Waals surface area contributed by atoms with E-state index in [1.165, 1.54) is 12.1 Å². The van der Waals surface area contributed by atoms with Crippen molar-refractivity contribution in [2.75, 3.05) is 5.88 Å². The largest absolute Gasteiger partial charge is 0.353 e. The Morgan fingerprint density at radius 2 is 2.00 bits per heavy atom. The molecule has 0 radical (unpaired) electrons. The lowest BCUT2D eigenvalue weighted by molar-refractivity contribution is -0.122. The molecule has 0 fully saturated rings. The van der Waals surface area contributed by atoms with E-state index in [2.05, 4.69) is 5.32 Å². The molecule has 0 spiro atoms. The van der Waals surface area contributed by atoms with E-state index >= 15 is 0 Å². The van der Waals surface area contributed by atoms with Gasteiger partial charge in [0.2, 0.25) is 5.91 Å². The Balaban J connectivity index is 2.73. The Bertz CT molecular complexity index is 471. The molecule has 1 atom stereocenters.